The standard InChI is InChI=1S/C51H79NO7/c1-6-8-10-12-14-16-18-20-21-22-23-24-25-26-27-28-30-32-34-36-38-40-42-50(54)59-47(45-57-44-43-48(51(55)56)52(3,4)5)46-58-49(53)41-39-37-35-33-31-29-19-17-15-13-11-9-7-2/h8-11,13-17,19-21,23-24,26-27,29,31,33,35,47-48H,6-7,12,18,22,25,28,30,32,34,36-46H2,1-5H3/b10-8+,11-9+,15-13+,16-14+,19-17+,21-20+,24-23+,27-26+,31-29+,35-33+. The third-order valence-corrected chi connectivity index (χ3v) is 8.97. The molecule has 0 radical (unpaired) electrons. The lowest BCUT2D eigenvalue weighted by Gasteiger charge is -2.34. The van der Waals surface area contributed by atoms with E-state index in [1.165, 1.54) is 0 Å². The molecule has 0 saturated carbocycles. The van der Waals surface area contributed by atoms with Crippen LogP contribution in [0.2, 0.25) is 0 Å². The summed E-state index contributed by atoms with van der Waals surface area (Å²) in [6.45, 7) is 4.27. The van der Waals surface area contributed by atoms with Crippen LogP contribution in [0, 0.1) is 0 Å². The summed E-state index contributed by atoms with van der Waals surface area (Å²) >= 11 is 0. The lowest BCUT2D eigenvalue weighted by Crippen LogP contribution is -2.55. The monoisotopic (exact) mass is 818 g/mol. The number of aliphatic carboxylic acids is 1. The van der Waals surface area contributed by atoms with E-state index in [0.717, 1.165) is 89.9 Å². The van der Waals surface area contributed by atoms with Crippen LogP contribution in [0.4, 0.5) is 0 Å². The maximum absolute atomic E-state index is 12.7. The Balaban J connectivity index is 4.46. The largest absolute Gasteiger partial charge is 0.544 e. The molecule has 0 aliphatic heterocycles. The zero-order valence-corrected chi connectivity index (χ0v) is 37.4. The topological polar surface area (TPSA) is 102 Å². The van der Waals surface area contributed by atoms with Crippen molar-refractivity contribution in [3.8, 4) is 0 Å². The number of ether oxygens (including phenoxy) is 3. The number of likely N-dealkylation sites (N-methyl/N-ethyl adjacent to an activating group) is 1. The van der Waals surface area contributed by atoms with Gasteiger partial charge < -0.3 is 28.6 Å². The SMILES string of the molecule is CC/C=C/C=C/C=C/C=C/C=C/CCCC(=O)OCC(COCCC(C(=O)[O-])[N+](C)(C)C)OC(=O)CCCCCCCC/C=C/C/C=C/C/C=C/C/C=C/C/C=C/CC. The van der Waals surface area contributed by atoms with Crippen molar-refractivity contribution in [1.29, 1.82) is 0 Å². The summed E-state index contributed by atoms with van der Waals surface area (Å²) in [4.78, 5) is 36.8. The lowest BCUT2D eigenvalue weighted by molar-refractivity contribution is -0.889. The number of unbranched alkanes of at least 4 members (excludes halogenated alkanes) is 7. The van der Waals surface area contributed by atoms with Crippen LogP contribution in [-0.2, 0) is 28.6 Å². The van der Waals surface area contributed by atoms with Gasteiger partial charge in [-0.2, -0.15) is 0 Å². The molecule has 2 unspecified atom stereocenters. The molecule has 0 bridgehead atoms. The number of nitrogens with zero attached hydrogens (tertiary/aromatic N) is 1. The molecule has 0 rings (SSSR count). The molecule has 0 aromatic rings. The smallest absolute Gasteiger partial charge is 0.306 e. The van der Waals surface area contributed by atoms with Gasteiger partial charge in [0.25, 0.3) is 0 Å². The average molecular weight is 818 g/mol. The summed E-state index contributed by atoms with van der Waals surface area (Å²) in [5.74, 6) is -1.87. The van der Waals surface area contributed by atoms with Crippen molar-refractivity contribution in [2.24, 2.45) is 0 Å². The summed E-state index contributed by atoms with van der Waals surface area (Å²) in [6.07, 6.45) is 56.7. The first kappa shape index (κ1) is 54.7. The van der Waals surface area contributed by atoms with Gasteiger partial charge in [0, 0.05) is 19.3 Å². The fraction of sp³-hybridized carbons (Fsp3) is 0.549. The Hall–Kier alpha value is -4.27. The van der Waals surface area contributed by atoms with Crippen LogP contribution in [0.3, 0.4) is 0 Å². The van der Waals surface area contributed by atoms with Crippen molar-refractivity contribution in [3.05, 3.63) is 122 Å². The maximum atomic E-state index is 12.7. The van der Waals surface area contributed by atoms with Crippen molar-refractivity contribution >= 4 is 17.9 Å². The molecule has 0 N–H and O–H groups in total. The summed E-state index contributed by atoms with van der Waals surface area (Å²) in [7, 11) is 5.36. The third-order valence-electron chi connectivity index (χ3n) is 8.97. The van der Waals surface area contributed by atoms with Crippen LogP contribution < -0.4 is 5.11 Å². The van der Waals surface area contributed by atoms with Gasteiger partial charge in [-0.1, -0.05) is 161 Å². The predicted octanol–water partition coefficient (Wildman–Crippen LogP) is 10.9. The Kier molecular flexibility index (Phi) is 37.6. The zero-order chi connectivity index (χ0) is 43.5. The van der Waals surface area contributed by atoms with Crippen LogP contribution in [0.25, 0.3) is 0 Å². The quantitative estimate of drug-likeness (QED) is 0.0202. The summed E-state index contributed by atoms with van der Waals surface area (Å²) in [6, 6.07) is -0.747. The fourth-order valence-electron chi connectivity index (χ4n) is 5.60. The van der Waals surface area contributed by atoms with E-state index in [2.05, 4.69) is 80.7 Å². The molecule has 0 amide bonds. The second kappa shape index (κ2) is 40.5. The van der Waals surface area contributed by atoms with E-state index < -0.39 is 18.1 Å². The molecular formula is C51H79NO7. The molecule has 0 aliphatic carbocycles. The van der Waals surface area contributed by atoms with Gasteiger partial charge in [0.1, 0.15) is 12.6 Å². The summed E-state index contributed by atoms with van der Waals surface area (Å²) < 4.78 is 17.1. The Bertz CT molecular complexity index is 1370. The Morgan fingerprint density at radius 1 is 0.525 bits per heavy atom. The van der Waals surface area contributed by atoms with Crippen LogP contribution in [-0.4, -0.2) is 75.5 Å². The second-order valence-electron chi connectivity index (χ2n) is 15.3. The second-order valence-corrected chi connectivity index (χ2v) is 15.3. The molecule has 330 valence electrons. The average Bonchev–Trinajstić information content (AvgIpc) is 3.19. The third kappa shape index (κ3) is 39.0. The van der Waals surface area contributed by atoms with E-state index in [-0.39, 0.29) is 55.5 Å². The first-order chi connectivity index (χ1) is 28.6. The Morgan fingerprint density at radius 2 is 1.00 bits per heavy atom. The molecule has 0 heterocycles. The van der Waals surface area contributed by atoms with Crippen molar-refractivity contribution in [1.82, 2.24) is 0 Å². The van der Waals surface area contributed by atoms with Crippen molar-refractivity contribution < 1.29 is 38.2 Å². The van der Waals surface area contributed by atoms with Gasteiger partial charge in [0.15, 0.2) is 6.10 Å². The van der Waals surface area contributed by atoms with Crippen LogP contribution >= 0.6 is 0 Å². The molecule has 2 atom stereocenters. The normalized spacial score (nSPS) is 14.1. The molecule has 8 heteroatoms. The Morgan fingerprint density at radius 3 is 1.56 bits per heavy atom. The van der Waals surface area contributed by atoms with Gasteiger partial charge >= 0.3 is 11.9 Å². The molecular weight excluding hydrogens is 739 g/mol. The van der Waals surface area contributed by atoms with Crippen LogP contribution in [0.15, 0.2) is 122 Å². The van der Waals surface area contributed by atoms with E-state index in [4.69, 9.17) is 14.2 Å². The summed E-state index contributed by atoms with van der Waals surface area (Å²) in [5.41, 5.74) is 0. The van der Waals surface area contributed by atoms with E-state index >= 15 is 0 Å². The fourth-order valence-corrected chi connectivity index (χ4v) is 5.60. The van der Waals surface area contributed by atoms with Crippen LogP contribution in [0.1, 0.15) is 129 Å². The summed E-state index contributed by atoms with van der Waals surface area (Å²) in [5, 5.41) is 11.6. The van der Waals surface area contributed by atoms with Crippen molar-refractivity contribution in [2.45, 2.75) is 142 Å². The number of quaternary nitrogens is 1. The Labute approximate surface area is 359 Å². The van der Waals surface area contributed by atoms with Gasteiger partial charge in [0.05, 0.1) is 40.3 Å². The van der Waals surface area contributed by atoms with Gasteiger partial charge in [-0.05, 0) is 70.6 Å². The van der Waals surface area contributed by atoms with E-state index in [0.29, 0.717) is 6.42 Å². The molecule has 8 nitrogen and oxygen atoms in total. The number of carbonyl (C=O) groups excluding carboxylic acids is 3. The highest BCUT2D eigenvalue weighted by Crippen LogP contribution is 2.12. The highest BCUT2D eigenvalue weighted by molar-refractivity contribution is 5.70. The van der Waals surface area contributed by atoms with Crippen molar-refractivity contribution in [3.63, 3.8) is 0 Å². The molecule has 59 heavy (non-hydrogen) atoms. The minimum atomic E-state index is -1.14. The highest BCUT2D eigenvalue weighted by Gasteiger charge is 2.25. The number of carboxylic acids is 1. The number of rotatable bonds is 37. The highest BCUT2D eigenvalue weighted by atomic mass is 16.6. The van der Waals surface area contributed by atoms with Crippen LogP contribution in [0.5, 0.6) is 0 Å². The maximum Gasteiger partial charge on any atom is 0.306 e. The minimum Gasteiger partial charge on any atom is -0.544 e. The first-order valence-corrected chi connectivity index (χ1v) is 22.1. The lowest BCUT2D eigenvalue weighted by atomic mass is 10.1. The molecule has 0 spiro atoms. The first-order valence-electron chi connectivity index (χ1n) is 22.1. The number of esters is 2. The number of allylic oxidation sites excluding steroid dienone is 20. The molecule has 0 aromatic carbocycles. The van der Waals surface area contributed by atoms with Gasteiger partial charge in [-0.3, -0.25) is 9.59 Å². The number of hydrogen-bond acceptors (Lipinski definition) is 7. The predicted molar refractivity (Wildman–Crippen MR) is 244 cm³/mol. The van der Waals surface area contributed by atoms with E-state index in [9.17, 15) is 19.5 Å². The number of hydrogen-bond donors (Lipinski definition) is 0. The molecule has 0 aromatic heterocycles. The van der Waals surface area contributed by atoms with Gasteiger partial charge in [-0.25, -0.2) is 0 Å². The molecule has 0 fully saturated rings. The number of carboxylic acid groups (broad SMARTS) is 1. The van der Waals surface area contributed by atoms with E-state index in [1.807, 2.05) is 54.7 Å². The number of carbonyl (C=O) groups is 3. The zero-order valence-electron chi connectivity index (χ0n) is 37.4. The van der Waals surface area contributed by atoms with Crippen molar-refractivity contribution in [2.75, 3.05) is 41.0 Å². The minimum absolute atomic E-state index is 0.00255. The van der Waals surface area contributed by atoms with Gasteiger partial charge in [-0.15, -0.1) is 0 Å². The van der Waals surface area contributed by atoms with Gasteiger partial charge in [0.2, 0.25) is 0 Å². The molecule has 0 aliphatic rings. The molecule has 0 saturated heterocycles. The van der Waals surface area contributed by atoms with E-state index in [1.54, 1.807) is 21.1 Å².